The first-order valence-corrected chi connectivity index (χ1v) is 5.85. The van der Waals surface area contributed by atoms with Crippen LogP contribution >= 0.6 is 0 Å². The highest BCUT2D eigenvalue weighted by atomic mass is 32.2. The number of sulfonamides is 1. The van der Waals surface area contributed by atoms with Gasteiger partial charge in [-0.05, 0) is 0 Å². The maximum absolute atomic E-state index is 12.9. The van der Waals surface area contributed by atoms with Crippen molar-refractivity contribution < 1.29 is 53.0 Å². The smallest absolute Gasteiger partial charge is 0.395 e. The molecule has 0 saturated heterocycles. The third-order valence-corrected chi connectivity index (χ3v) is 3.37. The second-order valence-corrected chi connectivity index (χ2v) is 5.09. The average Bonchev–Trinajstić information content (AvgIpc) is 2.24. The van der Waals surface area contributed by atoms with E-state index in [9.17, 15) is 47.9 Å². The summed E-state index contributed by atoms with van der Waals surface area (Å²) in [7, 11) is -6.60. The van der Waals surface area contributed by atoms with Crippen LogP contribution in [0.25, 0.3) is 0 Å². The van der Waals surface area contributed by atoms with E-state index in [1.165, 1.54) is 0 Å². The van der Waals surface area contributed by atoms with E-state index in [1.807, 2.05) is 0 Å². The van der Waals surface area contributed by atoms with E-state index >= 15 is 0 Å². The Morgan fingerprint density at radius 2 is 1.25 bits per heavy atom. The van der Waals surface area contributed by atoms with Crippen LogP contribution in [0.4, 0.5) is 39.5 Å². The molecular formula is C6H6F9NO3S. The average molecular weight is 343 g/mol. The maximum atomic E-state index is 12.9. The van der Waals surface area contributed by atoms with E-state index in [4.69, 9.17) is 5.11 Å². The molecule has 0 amide bonds. The van der Waals surface area contributed by atoms with Gasteiger partial charge in [-0.3, -0.25) is 0 Å². The number of rotatable bonds is 6. The lowest BCUT2D eigenvalue weighted by Gasteiger charge is -2.32. The fourth-order valence-electron chi connectivity index (χ4n) is 0.800. The molecule has 4 nitrogen and oxygen atoms in total. The van der Waals surface area contributed by atoms with Gasteiger partial charge in [0.25, 0.3) is 10.0 Å². The second kappa shape index (κ2) is 5.22. The van der Waals surface area contributed by atoms with Crippen molar-refractivity contribution >= 4 is 10.0 Å². The van der Waals surface area contributed by atoms with Crippen molar-refractivity contribution in [3.05, 3.63) is 0 Å². The lowest BCUT2D eigenvalue weighted by atomic mass is 10.1. The number of aliphatic hydroxyl groups excluding tert-OH is 1. The Morgan fingerprint density at radius 1 is 0.850 bits per heavy atom. The molecule has 0 aliphatic carbocycles. The Balaban J connectivity index is 5.82. The van der Waals surface area contributed by atoms with Crippen LogP contribution in [-0.2, 0) is 10.0 Å². The lowest BCUT2D eigenvalue weighted by molar-refractivity contribution is -0.382. The fraction of sp³-hybridized carbons (Fsp3) is 1.00. The summed E-state index contributed by atoms with van der Waals surface area (Å²) in [6.07, 6.45) is -7.10. The molecular weight excluding hydrogens is 337 g/mol. The van der Waals surface area contributed by atoms with Gasteiger partial charge in [0, 0.05) is 6.54 Å². The number of nitrogens with one attached hydrogen (secondary N) is 1. The number of hydrogen-bond donors (Lipinski definition) is 2. The SMILES string of the molecule is O=S(=O)(NCCO)C(F)(F)C(F)(F)C(F)(F)C(F)(F)F. The van der Waals surface area contributed by atoms with Gasteiger partial charge in [-0.2, -0.15) is 39.5 Å². The van der Waals surface area contributed by atoms with Crippen molar-refractivity contribution in [2.75, 3.05) is 13.2 Å². The fourth-order valence-corrected chi connectivity index (χ4v) is 1.81. The molecule has 0 aromatic heterocycles. The van der Waals surface area contributed by atoms with Gasteiger partial charge in [-0.1, -0.05) is 0 Å². The molecule has 0 rings (SSSR count). The van der Waals surface area contributed by atoms with Crippen molar-refractivity contribution in [1.82, 2.24) is 4.72 Å². The van der Waals surface area contributed by atoms with Crippen LogP contribution in [-0.4, -0.2) is 50.0 Å². The third kappa shape index (κ3) is 2.81. The molecule has 0 fully saturated rings. The summed E-state index contributed by atoms with van der Waals surface area (Å²) in [5, 5.41) is 1.33. The highest BCUT2D eigenvalue weighted by molar-refractivity contribution is 7.90. The molecule has 0 spiro atoms. The first-order valence-electron chi connectivity index (χ1n) is 4.36. The number of aliphatic hydroxyl groups is 1. The van der Waals surface area contributed by atoms with Crippen molar-refractivity contribution in [3.63, 3.8) is 0 Å². The van der Waals surface area contributed by atoms with Crippen molar-refractivity contribution in [2.24, 2.45) is 0 Å². The minimum absolute atomic E-state index is 0.570. The molecule has 0 bridgehead atoms. The van der Waals surface area contributed by atoms with Gasteiger partial charge >= 0.3 is 23.3 Å². The topological polar surface area (TPSA) is 66.4 Å². The quantitative estimate of drug-likeness (QED) is 0.715. The van der Waals surface area contributed by atoms with Crippen LogP contribution in [0.5, 0.6) is 0 Å². The van der Waals surface area contributed by atoms with Gasteiger partial charge < -0.3 is 5.11 Å². The summed E-state index contributed by atoms with van der Waals surface area (Å²) in [5.74, 6) is -14.6. The van der Waals surface area contributed by atoms with E-state index in [1.54, 1.807) is 0 Å². The van der Waals surface area contributed by atoms with Crippen LogP contribution in [0.15, 0.2) is 0 Å². The van der Waals surface area contributed by atoms with Crippen LogP contribution in [0, 0.1) is 0 Å². The zero-order valence-electron chi connectivity index (χ0n) is 8.99. The summed E-state index contributed by atoms with van der Waals surface area (Å²) >= 11 is 0. The van der Waals surface area contributed by atoms with Gasteiger partial charge in [0.1, 0.15) is 0 Å². The summed E-state index contributed by atoms with van der Waals surface area (Å²) in [4.78, 5) is 0. The Bertz CT molecular complexity index is 443. The second-order valence-electron chi connectivity index (χ2n) is 3.28. The molecule has 0 saturated carbocycles. The molecule has 0 aromatic rings. The molecule has 20 heavy (non-hydrogen) atoms. The minimum Gasteiger partial charge on any atom is -0.395 e. The molecule has 14 heteroatoms. The predicted octanol–water partition coefficient (Wildman–Crippen LogP) is 1.32. The lowest BCUT2D eigenvalue weighted by Crippen LogP contribution is -2.65. The number of hydrogen-bond acceptors (Lipinski definition) is 3. The molecule has 0 unspecified atom stereocenters. The molecule has 122 valence electrons. The standard InChI is InChI=1S/C6H6F9NO3S/c7-3(8,5(11,12)13)4(9,10)6(14,15)20(18,19)16-1-2-17/h16-17H,1-2H2. The Hall–Kier alpha value is -0.760. The zero-order chi connectivity index (χ0) is 16.6. The molecule has 0 atom stereocenters. The van der Waals surface area contributed by atoms with E-state index < -0.39 is 46.5 Å². The molecule has 0 aliphatic rings. The van der Waals surface area contributed by atoms with E-state index in [0.29, 0.717) is 4.72 Å². The zero-order valence-corrected chi connectivity index (χ0v) is 9.80. The maximum Gasteiger partial charge on any atom is 0.460 e. The monoisotopic (exact) mass is 343 g/mol. The Kier molecular flexibility index (Phi) is 5.02. The van der Waals surface area contributed by atoms with Crippen molar-refractivity contribution in [3.8, 4) is 0 Å². The van der Waals surface area contributed by atoms with Crippen LogP contribution < -0.4 is 4.72 Å². The molecule has 2 N–H and O–H groups in total. The Labute approximate surface area is 105 Å². The Morgan fingerprint density at radius 3 is 1.55 bits per heavy atom. The molecule has 0 heterocycles. The highest BCUT2D eigenvalue weighted by Gasteiger charge is 2.85. The normalized spacial score (nSPS) is 15.5. The first-order chi connectivity index (χ1) is 8.56. The largest absolute Gasteiger partial charge is 0.460 e. The van der Waals surface area contributed by atoms with Gasteiger partial charge in [0.05, 0.1) is 6.61 Å². The van der Waals surface area contributed by atoms with Gasteiger partial charge in [0.2, 0.25) is 0 Å². The van der Waals surface area contributed by atoms with Gasteiger partial charge in [-0.25, -0.2) is 13.1 Å². The van der Waals surface area contributed by atoms with Crippen LogP contribution in [0.1, 0.15) is 0 Å². The number of alkyl halides is 9. The van der Waals surface area contributed by atoms with E-state index in [2.05, 4.69) is 0 Å². The van der Waals surface area contributed by atoms with Gasteiger partial charge in [-0.15, -0.1) is 0 Å². The van der Waals surface area contributed by atoms with Crippen molar-refractivity contribution in [2.45, 2.75) is 23.3 Å². The molecule has 0 radical (unpaired) electrons. The third-order valence-electron chi connectivity index (χ3n) is 1.86. The van der Waals surface area contributed by atoms with Crippen molar-refractivity contribution in [1.29, 1.82) is 0 Å². The molecule has 0 aromatic carbocycles. The van der Waals surface area contributed by atoms with Gasteiger partial charge in [0.15, 0.2) is 0 Å². The van der Waals surface area contributed by atoms with Crippen LogP contribution in [0.3, 0.4) is 0 Å². The molecule has 0 aliphatic heterocycles. The predicted molar refractivity (Wildman–Crippen MR) is 44.9 cm³/mol. The highest BCUT2D eigenvalue weighted by Crippen LogP contribution is 2.54. The summed E-state index contributed by atoms with van der Waals surface area (Å²) < 4.78 is 133. The summed E-state index contributed by atoms with van der Waals surface area (Å²) in [6, 6.07) is 0. The summed E-state index contributed by atoms with van der Waals surface area (Å²) in [6.45, 7) is -2.47. The number of halogens is 9. The minimum atomic E-state index is -7.29. The van der Waals surface area contributed by atoms with E-state index in [-0.39, 0.29) is 0 Å². The van der Waals surface area contributed by atoms with Crippen LogP contribution in [0.2, 0.25) is 0 Å². The summed E-state index contributed by atoms with van der Waals surface area (Å²) in [5.41, 5.74) is 0. The van der Waals surface area contributed by atoms with E-state index in [0.717, 1.165) is 0 Å². The first kappa shape index (κ1) is 19.2.